The van der Waals surface area contributed by atoms with Crippen LogP contribution in [0.3, 0.4) is 0 Å². The summed E-state index contributed by atoms with van der Waals surface area (Å²) in [4.78, 5) is 12.3. The number of nitrogen functional groups attached to an aromatic ring is 1. The molecule has 47 heavy (non-hydrogen) atoms. The van der Waals surface area contributed by atoms with Gasteiger partial charge in [-0.1, -0.05) is 44.4 Å². The van der Waals surface area contributed by atoms with E-state index in [2.05, 4.69) is 51.4 Å². The van der Waals surface area contributed by atoms with Crippen molar-refractivity contribution in [2.24, 2.45) is 0 Å². The Hall–Kier alpha value is -3.12. The van der Waals surface area contributed by atoms with Gasteiger partial charge >= 0.3 is 6.08 Å². The highest BCUT2D eigenvalue weighted by Gasteiger charge is 2.21. The van der Waals surface area contributed by atoms with Crippen LogP contribution in [0.1, 0.15) is 56.5 Å². The Balaban J connectivity index is 0.000000240. The number of ether oxygens (including phenoxy) is 4. The van der Waals surface area contributed by atoms with Crippen LogP contribution in [-0.2, 0) is 36.7 Å². The van der Waals surface area contributed by atoms with Crippen LogP contribution in [0, 0.1) is 16.6 Å². The van der Waals surface area contributed by atoms with Gasteiger partial charge in [0.15, 0.2) is 28.5 Å². The summed E-state index contributed by atoms with van der Waals surface area (Å²) < 4.78 is 66.9. The van der Waals surface area contributed by atoms with Gasteiger partial charge in [-0.15, -0.1) is 0 Å². The molecule has 0 spiro atoms. The Labute approximate surface area is 288 Å². The molecule has 0 amide bonds. The maximum atomic E-state index is 13.8. The molecule has 5 rings (SSSR count). The quantitative estimate of drug-likeness (QED) is 0.0635. The van der Waals surface area contributed by atoms with Crippen molar-refractivity contribution in [2.45, 2.75) is 64.3 Å². The molecule has 256 valence electrons. The van der Waals surface area contributed by atoms with Crippen LogP contribution >= 0.6 is 22.6 Å². The van der Waals surface area contributed by atoms with E-state index in [0.717, 1.165) is 46.1 Å². The SMILES string of the molecule is CCCCOCCOS(=O)(=O)c1ccc(C)cc1.CCCCOCCn1c(Cc2cc3c(cc2I)OCO3)nc2c(N)nc(F)nc21. The molecule has 3 heterocycles. The maximum Gasteiger partial charge on any atom is 0.312 e. The molecule has 12 nitrogen and oxygen atoms in total. The number of rotatable bonds is 16. The molecule has 2 aromatic carbocycles. The van der Waals surface area contributed by atoms with Crippen LogP contribution in [0.5, 0.6) is 11.5 Å². The van der Waals surface area contributed by atoms with Gasteiger partial charge in [0.25, 0.3) is 10.1 Å². The van der Waals surface area contributed by atoms with Crippen LogP contribution in [-0.4, -0.2) is 67.8 Å². The third-order valence-corrected chi connectivity index (χ3v) is 9.41. The van der Waals surface area contributed by atoms with Gasteiger partial charge in [-0.25, -0.2) is 4.98 Å². The fourth-order valence-electron chi connectivity index (χ4n) is 4.50. The number of nitrogens with two attached hydrogens (primary N) is 1. The van der Waals surface area contributed by atoms with Crippen molar-refractivity contribution < 1.29 is 35.9 Å². The third kappa shape index (κ3) is 10.4. The summed E-state index contributed by atoms with van der Waals surface area (Å²) in [5, 5.41) is 0. The fourth-order valence-corrected chi connectivity index (χ4v) is 6.02. The summed E-state index contributed by atoms with van der Waals surface area (Å²) >= 11 is 2.26. The number of benzene rings is 2. The topological polar surface area (TPSA) is 150 Å². The predicted molar refractivity (Wildman–Crippen MR) is 184 cm³/mol. The zero-order valence-corrected chi connectivity index (χ0v) is 29.8. The standard InChI is InChI=1S/C19H21FIN5O3.C13H20O4S/c1-2-3-5-27-6-4-26-15(23-16-17(22)24-19(20)25-18(16)26)8-11-7-13-14(9-12(11)21)29-10-28-13;1-3-4-9-16-10-11-17-18(14,15)13-7-5-12(2)6-8-13/h7,9H,2-6,8,10H2,1H3,(H2,22,24,25);5-8H,3-4,9-11H2,1-2H3. The number of hydrogen-bond acceptors (Lipinski definition) is 11. The third-order valence-electron chi connectivity index (χ3n) is 7.08. The van der Waals surface area contributed by atoms with E-state index in [4.69, 9.17) is 28.9 Å². The second-order valence-corrected chi connectivity index (χ2v) is 13.5. The molecule has 2 aromatic heterocycles. The Morgan fingerprint density at radius 1 is 0.936 bits per heavy atom. The van der Waals surface area contributed by atoms with Crippen molar-refractivity contribution in [1.29, 1.82) is 0 Å². The zero-order chi connectivity index (χ0) is 33.8. The van der Waals surface area contributed by atoms with E-state index in [1.54, 1.807) is 24.3 Å². The lowest BCUT2D eigenvalue weighted by Gasteiger charge is -2.11. The van der Waals surface area contributed by atoms with Crippen LogP contribution in [0.2, 0.25) is 0 Å². The van der Waals surface area contributed by atoms with Gasteiger partial charge in [-0.2, -0.15) is 22.8 Å². The number of aryl methyl sites for hydroxylation is 1. The molecule has 0 aliphatic carbocycles. The van der Waals surface area contributed by atoms with Crippen LogP contribution < -0.4 is 15.2 Å². The fraction of sp³-hybridized carbons (Fsp3) is 0.469. The number of hydrogen-bond donors (Lipinski definition) is 1. The van der Waals surface area contributed by atoms with Crippen molar-refractivity contribution in [3.05, 3.63) is 63.0 Å². The smallest absolute Gasteiger partial charge is 0.312 e. The Kier molecular flexibility index (Phi) is 14.0. The molecule has 0 radical (unpaired) electrons. The first-order valence-corrected chi connectivity index (χ1v) is 18.0. The number of anilines is 1. The van der Waals surface area contributed by atoms with Gasteiger partial charge in [0.05, 0.1) is 24.7 Å². The molecule has 0 atom stereocenters. The van der Waals surface area contributed by atoms with Gasteiger partial charge in [0.1, 0.15) is 5.82 Å². The molecule has 0 saturated heterocycles. The molecule has 0 unspecified atom stereocenters. The van der Waals surface area contributed by atoms with Gasteiger partial charge in [0.2, 0.25) is 6.79 Å². The van der Waals surface area contributed by atoms with Crippen molar-refractivity contribution in [2.75, 3.05) is 45.6 Å². The van der Waals surface area contributed by atoms with Crippen molar-refractivity contribution in [1.82, 2.24) is 19.5 Å². The average molecular weight is 786 g/mol. The van der Waals surface area contributed by atoms with E-state index in [-0.39, 0.29) is 24.1 Å². The monoisotopic (exact) mass is 785 g/mol. The molecule has 0 saturated carbocycles. The van der Waals surface area contributed by atoms with Crippen LogP contribution in [0.15, 0.2) is 41.3 Å². The minimum Gasteiger partial charge on any atom is -0.454 e. The van der Waals surface area contributed by atoms with Crippen molar-refractivity contribution in [3.63, 3.8) is 0 Å². The Morgan fingerprint density at radius 3 is 2.28 bits per heavy atom. The normalized spacial score (nSPS) is 12.4. The molecule has 1 aliphatic heterocycles. The van der Waals surface area contributed by atoms with Gasteiger partial charge in [-0.05, 0) is 72.2 Å². The summed E-state index contributed by atoms with van der Waals surface area (Å²) in [6.45, 7) is 8.95. The molecular formula is C32H41FIN5O7S. The van der Waals surface area contributed by atoms with E-state index in [1.807, 2.05) is 23.6 Å². The van der Waals surface area contributed by atoms with E-state index in [9.17, 15) is 12.8 Å². The predicted octanol–water partition coefficient (Wildman–Crippen LogP) is 5.81. The summed E-state index contributed by atoms with van der Waals surface area (Å²) in [6.07, 6.45) is 3.73. The van der Waals surface area contributed by atoms with E-state index in [0.29, 0.717) is 62.1 Å². The van der Waals surface area contributed by atoms with E-state index >= 15 is 0 Å². The van der Waals surface area contributed by atoms with Crippen LogP contribution in [0.4, 0.5) is 10.2 Å². The molecular weight excluding hydrogens is 744 g/mol. The first-order valence-electron chi connectivity index (χ1n) is 15.5. The maximum absolute atomic E-state index is 13.8. The van der Waals surface area contributed by atoms with Crippen molar-refractivity contribution >= 4 is 49.7 Å². The second kappa shape index (κ2) is 17.9. The number of fused-ring (bicyclic) bond motifs is 2. The Morgan fingerprint density at radius 2 is 1.60 bits per heavy atom. The first kappa shape index (κ1) is 36.7. The minimum atomic E-state index is -3.65. The second-order valence-electron chi connectivity index (χ2n) is 10.7. The van der Waals surface area contributed by atoms with E-state index < -0.39 is 16.2 Å². The highest BCUT2D eigenvalue weighted by atomic mass is 127. The molecule has 0 bridgehead atoms. The molecule has 1 aliphatic rings. The molecule has 2 N–H and O–H groups in total. The van der Waals surface area contributed by atoms with Gasteiger partial charge < -0.3 is 29.2 Å². The summed E-state index contributed by atoms with van der Waals surface area (Å²) in [7, 11) is -3.65. The van der Waals surface area contributed by atoms with Gasteiger partial charge in [0, 0.05) is 29.7 Å². The van der Waals surface area contributed by atoms with E-state index in [1.165, 1.54) is 0 Å². The number of unbranched alkanes of at least 4 members (excludes halogenated alkanes) is 2. The number of nitrogens with zero attached hydrogens (tertiary/aromatic N) is 4. The summed E-state index contributed by atoms with van der Waals surface area (Å²) in [5.74, 6) is 2.17. The zero-order valence-electron chi connectivity index (χ0n) is 26.8. The minimum absolute atomic E-state index is 0.0276. The van der Waals surface area contributed by atoms with Gasteiger partial charge in [-0.3, -0.25) is 4.18 Å². The van der Waals surface area contributed by atoms with Crippen molar-refractivity contribution in [3.8, 4) is 11.5 Å². The summed E-state index contributed by atoms with van der Waals surface area (Å²) in [6, 6.07) is 10.5. The lowest BCUT2D eigenvalue weighted by molar-refractivity contribution is 0.1000. The first-order chi connectivity index (χ1) is 22.6. The number of halogens is 2. The average Bonchev–Trinajstić information content (AvgIpc) is 3.63. The molecule has 0 fully saturated rings. The number of aromatic nitrogens is 4. The van der Waals surface area contributed by atoms with Crippen LogP contribution in [0.25, 0.3) is 11.2 Å². The summed E-state index contributed by atoms with van der Waals surface area (Å²) in [5.41, 5.74) is 8.69. The number of imidazole rings is 1. The highest BCUT2D eigenvalue weighted by molar-refractivity contribution is 14.1. The highest BCUT2D eigenvalue weighted by Crippen LogP contribution is 2.36. The molecule has 15 heteroatoms. The lowest BCUT2D eigenvalue weighted by atomic mass is 10.1. The lowest BCUT2D eigenvalue weighted by Crippen LogP contribution is -2.12. The molecule has 4 aromatic rings. The Bertz CT molecular complexity index is 1720. The largest absolute Gasteiger partial charge is 0.454 e.